The van der Waals surface area contributed by atoms with E-state index in [0.29, 0.717) is 11.4 Å². The minimum atomic E-state index is -0.551. The van der Waals surface area contributed by atoms with Crippen LogP contribution >= 0.6 is 0 Å². The first-order valence-corrected chi connectivity index (χ1v) is 5.97. The summed E-state index contributed by atoms with van der Waals surface area (Å²) < 4.78 is 17.8. The van der Waals surface area contributed by atoms with Gasteiger partial charge in [0.15, 0.2) is 6.61 Å². The van der Waals surface area contributed by atoms with E-state index in [4.69, 9.17) is 4.74 Å². The highest BCUT2D eigenvalue weighted by Crippen LogP contribution is 2.17. The Bertz CT molecular complexity index is 658. The molecule has 0 atom stereocenters. The van der Waals surface area contributed by atoms with E-state index in [1.165, 1.54) is 48.5 Å². The summed E-state index contributed by atoms with van der Waals surface area (Å²) in [5, 5.41) is 13.1. The molecule has 0 aliphatic rings. The number of halogens is 1. The van der Waals surface area contributed by atoms with Crippen LogP contribution in [-0.4, -0.2) is 17.4 Å². The number of nitro groups is 1. The third kappa shape index (κ3) is 4.27. The molecule has 2 rings (SSSR count). The second-order valence-corrected chi connectivity index (χ2v) is 4.10. The van der Waals surface area contributed by atoms with Crippen molar-refractivity contribution in [3.8, 4) is 5.75 Å². The molecule has 0 fully saturated rings. The number of anilines is 1. The van der Waals surface area contributed by atoms with E-state index in [9.17, 15) is 19.3 Å². The molecule has 0 aliphatic heterocycles. The Labute approximate surface area is 119 Å². The molecule has 2 aromatic carbocycles. The van der Waals surface area contributed by atoms with E-state index in [0.717, 1.165) is 0 Å². The van der Waals surface area contributed by atoms with Gasteiger partial charge >= 0.3 is 0 Å². The van der Waals surface area contributed by atoms with Crippen LogP contribution < -0.4 is 10.1 Å². The number of carbonyl (C=O) groups is 1. The molecule has 0 radical (unpaired) electrons. The van der Waals surface area contributed by atoms with Crippen molar-refractivity contribution in [1.29, 1.82) is 0 Å². The second-order valence-electron chi connectivity index (χ2n) is 4.10. The number of hydrogen-bond acceptors (Lipinski definition) is 4. The molecule has 0 heterocycles. The molecule has 108 valence electrons. The Balaban J connectivity index is 1.91. The van der Waals surface area contributed by atoms with Crippen LogP contribution in [0.1, 0.15) is 0 Å². The summed E-state index contributed by atoms with van der Waals surface area (Å²) in [6, 6.07) is 10.8. The molecular weight excluding hydrogens is 279 g/mol. The van der Waals surface area contributed by atoms with E-state index >= 15 is 0 Å². The SMILES string of the molecule is O=C(COc1ccc(F)cc1)Nc1cccc([N+](=O)[O-])c1. The molecule has 0 spiro atoms. The number of carbonyl (C=O) groups excluding carboxylic acids is 1. The Morgan fingerprint density at radius 1 is 1.24 bits per heavy atom. The van der Waals surface area contributed by atoms with E-state index in [1.54, 1.807) is 0 Å². The lowest BCUT2D eigenvalue weighted by Crippen LogP contribution is -2.20. The van der Waals surface area contributed by atoms with Gasteiger partial charge in [0.25, 0.3) is 11.6 Å². The summed E-state index contributed by atoms with van der Waals surface area (Å²) in [6.45, 7) is -0.283. The summed E-state index contributed by atoms with van der Waals surface area (Å²) in [6.07, 6.45) is 0. The predicted molar refractivity (Wildman–Crippen MR) is 73.6 cm³/mol. The lowest BCUT2D eigenvalue weighted by Gasteiger charge is -2.07. The van der Waals surface area contributed by atoms with Crippen molar-refractivity contribution >= 4 is 17.3 Å². The first-order valence-electron chi connectivity index (χ1n) is 5.97. The third-order valence-corrected chi connectivity index (χ3v) is 2.52. The number of benzene rings is 2. The van der Waals surface area contributed by atoms with Crippen molar-refractivity contribution in [1.82, 2.24) is 0 Å². The van der Waals surface area contributed by atoms with Crippen LogP contribution in [0.5, 0.6) is 5.75 Å². The molecule has 1 amide bonds. The van der Waals surface area contributed by atoms with Gasteiger partial charge in [-0.15, -0.1) is 0 Å². The summed E-state index contributed by atoms with van der Waals surface area (Å²) >= 11 is 0. The topological polar surface area (TPSA) is 81.5 Å². The van der Waals surface area contributed by atoms with E-state index in [2.05, 4.69) is 5.32 Å². The van der Waals surface area contributed by atoms with Crippen molar-refractivity contribution < 1.29 is 18.8 Å². The summed E-state index contributed by atoms with van der Waals surface area (Å²) in [4.78, 5) is 21.7. The normalized spacial score (nSPS) is 9.95. The van der Waals surface area contributed by atoms with Crippen LogP contribution in [0.3, 0.4) is 0 Å². The zero-order chi connectivity index (χ0) is 15.2. The van der Waals surface area contributed by atoms with Gasteiger partial charge in [0.2, 0.25) is 0 Å². The number of nitrogens with one attached hydrogen (secondary N) is 1. The number of ether oxygens (including phenoxy) is 1. The van der Waals surface area contributed by atoms with Crippen LogP contribution in [0.2, 0.25) is 0 Å². The molecule has 1 N–H and O–H groups in total. The van der Waals surface area contributed by atoms with Crippen LogP contribution in [-0.2, 0) is 4.79 Å². The molecule has 0 aliphatic carbocycles. The van der Waals surface area contributed by atoms with Gasteiger partial charge in [-0.25, -0.2) is 4.39 Å². The largest absolute Gasteiger partial charge is 0.484 e. The van der Waals surface area contributed by atoms with Crippen molar-refractivity contribution in [3.05, 3.63) is 64.5 Å². The number of rotatable bonds is 5. The average Bonchev–Trinajstić information content (AvgIpc) is 2.47. The predicted octanol–water partition coefficient (Wildman–Crippen LogP) is 2.75. The van der Waals surface area contributed by atoms with Crippen LogP contribution in [0.25, 0.3) is 0 Å². The number of amides is 1. The van der Waals surface area contributed by atoms with E-state index < -0.39 is 16.6 Å². The molecule has 0 bridgehead atoms. The first-order chi connectivity index (χ1) is 10.0. The molecule has 21 heavy (non-hydrogen) atoms. The van der Waals surface area contributed by atoms with Gasteiger partial charge in [0, 0.05) is 17.8 Å². The highest BCUT2D eigenvalue weighted by Gasteiger charge is 2.08. The van der Waals surface area contributed by atoms with Crippen LogP contribution in [0, 0.1) is 15.9 Å². The van der Waals surface area contributed by atoms with Gasteiger partial charge in [-0.1, -0.05) is 6.07 Å². The van der Waals surface area contributed by atoms with Crippen molar-refractivity contribution in [2.24, 2.45) is 0 Å². The average molecular weight is 290 g/mol. The Kier molecular flexibility index (Phi) is 4.45. The van der Waals surface area contributed by atoms with Gasteiger partial charge in [-0.2, -0.15) is 0 Å². The Hall–Kier alpha value is -2.96. The molecule has 0 saturated heterocycles. The maximum Gasteiger partial charge on any atom is 0.271 e. The summed E-state index contributed by atoms with van der Waals surface area (Å²) in [5.74, 6) is -0.520. The zero-order valence-electron chi connectivity index (χ0n) is 10.8. The Morgan fingerprint density at radius 3 is 2.62 bits per heavy atom. The van der Waals surface area contributed by atoms with E-state index in [-0.39, 0.29) is 12.3 Å². The number of non-ortho nitro benzene ring substituents is 1. The highest BCUT2D eigenvalue weighted by atomic mass is 19.1. The van der Waals surface area contributed by atoms with Gasteiger partial charge < -0.3 is 10.1 Å². The van der Waals surface area contributed by atoms with Gasteiger partial charge in [-0.3, -0.25) is 14.9 Å². The minimum Gasteiger partial charge on any atom is -0.484 e. The first kappa shape index (κ1) is 14.4. The molecule has 0 saturated carbocycles. The maximum absolute atomic E-state index is 12.7. The lowest BCUT2D eigenvalue weighted by atomic mass is 10.3. The molecule has 2 aromatic rings. The quantitative estimate of drug-likeness (QED) is 0.678. The standard InChI is InChI=1S/C14H11FN2O4/c15-10-4-6-13(7-5-10)21-9-14(18)16-11-2-1-3-12(8-11)17(19)20/h1-8H,9H2,(H,16,18). The third-order valence-electron chi connectivity index (χ3n) is 2.52. The fourth-order valence-corrected chi connectivity index (χ4v) is 1.57. The Morgan fingerprint density at radius 2 is 1.95 bits per heavy atom. The van der Waals surface area contributed by atoms with E-state index in [1.807, 2.05) is 0 Å². The van der Waals surface area contributed by atoms with Crippen molar-refractivity contribution in [2.45, 2.75) is 0 Å². The monoisotopic (exact) mass is 290 g/mol. The fraction of sp³-hybridized carbons (Fsp3) is 0.0714. The highest BCUT2D eigenvalue weighted by molar-refractivity contribution is 5.92. The van der Waals surface area contributed by atoms with Crippen molar-refractivity contribution in [3.63, 3.8) is 0 Å². The molecule has 0 unspecified atom stereocenters. The molecule has 6 nitrogen and oxygen atoms in total. The lowest BCUT2D eigenvalue weighted by molar-refractivity contribution is -0.384. The molecule has 7 heteroatoms. The smallest absolute Gasteiger partial charge is 0.271 e. The summed E-state index contributed by atoms with van der Waals surface area (Å²) in [5.41, 5.74) is 0.184. The second kappa shape index (κ2) is 6.47. The molecular formula is C14H11FN2O4. The zero-order valence-corrected chi connectivity index (χ0v) is 10.8. The van der Waals surface area contributed by atoms with Gasteiger partial charge in [-0.05, 0) is 30.3 Å². The number of nitro benzene ring substituents is 1. The maximum atomic E-state index is 12.7. The molecule has 0 aromatic heterocycles. The van der Waals surface area contributed by atoms with Crippen molar-refractivity contribution in [2.75, 3.05) is 11.9 Å². The van der Waals surface area contributed by atoms with Crippen LogP contribution in [0.15, 0.2) is 48.5 Å². The van der Waals surface area contributed by atoms with Gasteiger partial charge in [0.05, 0.1) is 4.92 Å². The van der Waals surface area contributed by atoms with Gasteiger partial charge in [0.1, 0.15) is 11.6 Å². The minimum absolute atomic E-state index is 0.118. The fourth-order valence-electron chi connectivity index (χ4n) is 1.57. The summed E-state index contributed by atoms with van der Waals surface area (Å²) in [7, 11) is 0. The van der Waals surface area contributed by atoms with Crippen LogP contribution in [0.4, 0.5) is 15.8 Å². The number of hydrogen-bond donors (Lipinski definition) is 1. The number of nitrogens with zero attached hydrogens (tertiary/aromatic N) is 1.